The Morgan fingerprint density at radius 3 is 3.00 bits per heavy atom. The van der Waals surface area contributed by atoms with Crippen LogP contribution >= 0.6 is 0 Å². The summed E-state index contributed by atoms with van der Waals surface area (Å²) in [7, 11) is -3.39. The van der Waals surface area contributed by atoms with E-state index in [1.165, 1.54) is 4.31 Å². The fourth-order valence-electron chi connectivity index (χ4n) is 2.25. The average Bonchev–Trinajstić information content (AvgIpc) is 2.92. The summed E-state index contributed by atoms with van der Waals surface area (Å²) in [6.45, 7) is 2.59. The molecule has 8 heteroatoms. The highest BCUT2D eigenvalue weighted by Gasteiger charge is 2.27. The van der Waals surface area contributed by atoms with E-state index in [1.807, 2.05) is 4.57 Å². The number of nitrogens with zero attached hydrogens (tertiary/aromatic N) is 3. The van der Waals surface area contributed by atoms with E-state index in [-0.39, 0.29) is 5.92 Å². The number of hydrogen-bond acceptors (Lipinski definition) is 4. The third-order valence-electron chi connectivity index (χ3n) is 3.37. The first-order valence-corrected chi connectivity index (χ1v) is 7.96. The second kappa shape index (κ2) is 6.47. The molecule has 19 heavy (non-hydrogen) atoms. The molecule has 2 rings (SSSR count). The third-order valence-corrected chi connectivity index (χ3v) is 4.95. The van der Waals surface area contributed by atoms with Crippen LogP contribution in [0.5, 0.6) is 0 Å². The van der Waals surface area contributed by atoms with Crippen LogP contribution in [0.2, 0.25) is 0 Å². The minimum Gasteiger partial charge on any atom is -0.336 e. The van der Waals surface area contributed by atoms with Gasteiger partial charge in [0, 0.05) is 38.6 Å². The van der Waals surface area contributed by atoms with Crippen molar-refractivity contribution in [3.8, 4) is 0 Å². The van der Waals surface area contributed by atoms with Crippen LogP contribution in [0.25, 0.3) is 0 Å². The first-order valence-electron chi connectivity index (χ1n) is 6.52. The molecule has 108 valence electrons. The average molecular weight is 287 g/mol. The van der Waals surface area contributed by atoms with Crippen molar-refractivity contribution in [2.24, 2.45) is 11.7 Å². The van der Waals surface area contributed by atoms with Crippen molar-refractivity contribution in [3.05, 3.63) is 18.7 Å². The van der Waals surface area contributed by atoms with Crippen molar-refractivity contribution in [3.63, 3.8) is 0 Å². The second-order valence-electron chi connectivity index (χ2n) is 4.80. The van der Waals surface area contributed by atoms with Gasteiger partial charge in [0.05, 0.1) is 6.33 Å². The van der Waals surface area contributed by atoms with E-state index >= 15 is 0 Å². The zero-order chi connectivity index (χ0) is 13.7. The highest BCUT2D eigenvalue weighted by molar-refractivity contribution is 7.87. The van der Waals surface area contributed by atoms with E-state index < -0.39 is 10.2 Å². The van der Waals surface area contributed by atoms with E-state index in [0.29, 0.717) is 32.7 Å². The number of rotatable bonds is 6. The molecule has 1 aromatic heterocycles. The molecule has 0 radical (unpaired) electrons. The van der Waals surface area contributed by atoms with Crippen molar-refractivity contribution in [1.29, 1.82) is 0 Å². The fourth-order valence-corrected chi connectivity index (χ4v) is 3.56. The zero-order valence-electron chi connectivity index (χ0n) is 10.9. The van der Waals surface area contributed by atoms with Gasteiger partial charge in [0.25, 0.3) is 10.2 Å². The van der Waals surface area contributed by atoms with Gasteiger partial charge in [-0.3, -0.25) is 0 Å². The number of imidazole rings is 1. The van der Waals surface area contributed by atoms with Crippen LogP contribution in [0.15, 0.2) is 18.7 Å². The van der Waals surface area contributed by atoms with Gasteiger partial charge in [-0.25, -0.2) is 9.71 Å². The summed E-state index contributed by atoms with van der Waals surface area (Å²) >= 11 is 0. The molecule has 2 heterocycles. The van der Waals surface area contributed by atoms with Gasteiger partial charge in [-0.1, -0.05) is 0 Å². The Morgan fingerprint density at radius 1 is 1.47 bits per heavy atom. The first kappa shape index (κ1) is 14.4. The van der Waals surface area contributed by atoms with Crippen molar-refractivity contribution in [1.82, 2.24) is 18.6 Å². The molecule has 0 aromatic carbocycles. The first-order chi connectivity index (χ1) is 9.12. The SMILES string of the molecule is NCC1CCCN(S(=O)(=O)NCCn2ccnc2)C1. The smallest absolute Gasteiger partial charge is 0.279 e. The number of hydrogen-bond donors (Lipinski definition) is 2. The van der Waals surface area contributed by atoms with Gasteiger partial charge in [-0.2, -0.15) is 12.7 Å². The minimum absolute atomic E-state index is 0.277. The number of aromatic nitrogens is 2. The number of nitrogens with one attached hydrogen (secondary N) is 1. The maximum atomic E-state index is 12.1. The van der Waals surface area contributed by atoms with Crippen molar-refractivity contribution < 1.29 is 8.42 Å². The lowest BCUT2D eigenvalue weighted by Crippen LogP contribution is -2.47. The molecule has 0 aliphatic carbocycles. The molecule has 3 N–H and O–H groups in total. The Bertz CT molecular complexity index is 473. The Labute approximate surface area is 114 Å². The van der Waals surface area contributed by atoms with Gasteiger partial charge < -0.3 is 10.3 Å². The lowest BCUT2D eigenvalue weighted by atomic mass is 10.0. The quantitative estimate of drug-likeness (QED) is 0.730. The van der Waals surface area contributed by atoms with Crippen LogP contribution in [-0.2, 0) is 16.8 Å². The summed E-state index contributed by atoms with van der Waals surface area (Å²) in [4.78, 5) is 3.91. The second-order valence-corrected chi connectivity index (χ2v) is 6.56. The molecule has 1 aliphatic heterocycles. The van der Waals surface area contributed by atoms with E-state index in [1.54, 1.807) is 18.7 Å². The van der Waals surface area contributed by atoms with Gasteiger partial charge in [0.15, 0.2) is 0 Å². The molecule has 1 atom stereocenters. The molecule has 1 aliphatic rings. The van der Waals surface area contributed by atoms with Crippen molar-refractivity contribution >= 4 is 10.2 Å². The highest BCUT2D eigenvalue weighted by atomic mass is 32.2. The van der Waals surface area contributed by atoms with E-state index in [0.717, 1.165) is 12.8 Å². The van der Waals surface area contributed by atoms with Gasteiger partial charge in [0.2, 0.25) is 0 Å². The maximum Gasteiger partial charge on any atom is 0.279 e. The summed E-state index contributed by atoms with van der Waals surface area (Å²) in [5.41, 5.74) is 5.62. The Balaban J connectivity index is 1.83. The Hall–Kier alpha value is -0.960. The summed E-state index contributed by atoms with van der Waals surface area (Å²) in [5, 5.41) is 0. The molecule has 0 spiro atoms. The largest absolute Gasteiger partial charge is 0.336 e. The van der Waals surface area contributed by atoms with Crippen LogP contribution in [0.4, 0.5) is 0 Å². The lowest BCUT2D eigenvalue weighted by molar-refractivity contribution is 0.268. The maximum absolute atomic E-state index is 12.1. The van der Waals surface area contributed by atoms with Gasteiger partial charge in [-0.05, 0) is 25.3 Å². The highest BCUT2D eigenvalue weighted by Crippen LogP contribution is 2.17. The Morgan fingerprint density at radius 2 is 2.32 bits per heavy atom. The fraction of sp³-hybridized carbons (Fsp3) is 0.727. The zero-order valence-corrected chi connectivity index (χ0v) is 11.7. The molecule has 0 bridgehead atoms. The predicted molar refractivity (Wildman–Crippen MR) is 72.5 cm³/mol. The summed E-state index contributed by atoms with van der Waals surface area (Å²) in [6.07, 6.45) is 7.03. The summed E-state index contributed by atoms with van der Waals surface area (Å²) in [5.74, 6) is 0.277. The topological polar surface area (TPSA) is 93.2 Å². The van der Waals surface area contributed by atoms with Gasteiger partial charge in [-0.15, -0.1) is 0 Å². The van der Waals surface area contributed by atoms with Crippen LogP contribution < -0.4 is 10.5 Å². The summed E-state index contributed by atoms with van der Waals surface area (Å²) < 4.78 is 30.2. The van der Waals surface area contributed by atoms with E-state index in [2.05, 4.69) is 9.71 Å². The molecule has 1 saturated heterocycles. The molecular weight excluding hydrogens is 266 g/mol. The molecule has 0 saturated carbocycles. The summed E-state index contributed by atoms with van der Waals surface area (Å²) in [6, 6.07) is 0. The minimum atomic E-state index is -3.39. The van der Waals surface area contributed by atoms with E-state index in [4.69, 9.17) is 5.73 Å². The van der Waals surface area contributed by atoms with E-state index in [9.17, 15) is 8.42 Å². The standard InChI is InChI=1S/C11H21N5O2S/c12-8-11-2-1-5-16(9-11)19(17,18)14-4-7-15-6-3-13-10-15/h3,6,10-11,14H,1-2,4-5,7-9,12H2. The van der Waals surface area contributed by atoms with Crippen molar-refractivity contribution in [2.75, 3.05) is 26.2 Å². The van der Waals surface area contributed by atoms with Gasteiger partial charge >= 0.3 is 0 Å². The molecule has 1 fully saturated rings. The number of piperidine rings is 1. The number of nitrogens with two attached hydrogens (primary N) is 1. The van der Waals surface area contributed by atoms with Crippen LogP contribution in [0, 0.1) is 5.92 Å². The van der Waals surface area contributed by atoms with Crippen LogP contribution in [-0.4, -0.2) is 48.5 Å². The van der Waals surface area contributed by atoms with Gasteiger partial charge in [0.1, 0.15) is 0 Å². The monoisotopic (exact) mass is 287 g/mol. The van der Waals surface area contributed by atoms with Crippen LogP contribution in [0.3, 0.4) is 0 Å². The normalized spacial score (nSPS) is 21.6. The molecule has 1 aromatic rings. The van der Waals surface area contributed by atoms with Crippen LogP contribution in [0.1, 0.15) is 12.8 Å². The van der Waals surface area contributed by atoms with Crippen molar-refractivity contribution in [2.45, 2.75) is 19.4 Å². The predicted octanol–water partition coefficient (Wildman–Crippen LogP) is -0.612. The molecule has 1 unspecified atom stereocenters. The molecule has 7 nitrogen and oxygen atoms in total. The molecular formula is C11H21N5O2S. The third kappa shape index (κ3) is 4.00. The molecule has 0 amide bonds. The lowest BCUT2D eigenvalue weighted by Gasteiger charge is -2.31. The Kier molecular flexibility index (Phi) is 4.92.